The zero-order valence-electron chi connectivity index (χ0n) is 11.8. The average molecular weight is 341 g/mol. The van der Waals surface area contributed by atoms with Crippen LogP contribution in [-0.2, 0) is 6.42 Å². The highest BCUT2D eigenvalue weighted by Gasteiger charge is 2.18. The van der Waals surface area contributed by atoms with Crippen LogP contribution in [0.4, 0.5) is 9.39 Å². The number of halogens is 2. The first kappa shape index (κ1) is 16.5. The minimum absolute atomic E-state index is 0.00321. The van der Waals surface area contributed by atoms with Gasteiger partial charge in [-0.25, -0.2) is 4.39 Å². The number of primary amides is 1. The van der Waals surface area contributed by atoms with Crippen LogP contribution in [0.25, 0.3) is 0 Å². The number of rotatable bonds is 5. The monoisotopic (exact) mass is 340 g/mol. The number of hydrogen-bond donors (Lipinski definition) is 2. The van der Waals surface area contributed by atoms with Gasteiger partial charge in [-0.1, -0.05) is 24.9 Å². The molecule has 1 aromatic carbocycles. The number of anilines is 1. The van der Waals surface area contributed by atoms with Crippen LogP contribution < -0.4 is 11.1 Å². The van der Waals surface area contributed by atoms with Gasteiger partial charge in [0.05, 0.1) is 16.1 Å². The molecule has 0 unspecified atom stereocenters. The van der Waals surface area contributed by atoms with E-state index in [1.165, 1.54) is 17.4 Å². The van der Waals surface area contributed by atoms with E-state index in [9.17, 15) is 14.0 Å². The topological polar surface area (TPSA) is 72.2 Å². The van der Waals surface area contributed by atoms with Crippen LogP contribution in [0.1, 0.15) is 38.9 Å². The van der Waals surface area contributed by atoms with E-state index in [1.54, 1.807) is 6.07 Å². The molecule has 3 N–H and O–H groups in total. The van der Waals surface area contributed by atoms with Gasteiger partial charge in [-0.15, -0.1) is 11.3 Å². The highest BCUT2D eigenvalue weighted by atomic mass is 35.5. The van der Waals surface area contributed by atoms with E-state index in [0.717, 1.165) is 29.9 Å². The fourth-order valence-electron chi connectivity index (χ4n) is 1.93. The molecular formula is C15H14ClFN2O2S. The normalized spacial score (nSPS) is 10.5. The molecule has 0 saturated carbocycles. The molecule has 0 atom stereocenters. The molecule has 116 valence electrons. The van der Waals surface area contributed by atoms with Crippen molar-refractivity contribution >= 4 is 39.8 Å². The Kier molecular flexibility index (Phi) is 5.15. The predicted octanol–water partition coefficient (Wildman–Crippen LogP) is 3.84. The maximum atomic E-state index is 13.0. The Morgan fingerprint density at radius 1 is 1.32 bits per heavy atom. The molecule has 0 aliphatic rings. The van der Waals surface area contributed by atoms with Gasteiger partial charge in [0.25, 0.3) is 11.8 Å². The largest absolute Gasteiger partial charge is 0.366 e. The second-order valence-electron chi connectivity index (χ2n) is 4.65. The number of carbonyl (C=O) groups is 2. The molecule has 0 radical (unpaired) electrons. The van der Waals surface area contributed by atoms with Crippen molar-refractivity contribution in [3.63, 3.8) is 0 Å². The average Bonchev–Trinajstić information content (AvgIpc) is 2.81. The second kappa shape index (κ2) is 6.89. The van der Waals surface area contributed by atoms with E-state index in [2.05, 4.69) is 5.32 Å². The number of nitrogens with two attached hydrogens (primary N) is 1. The third-order valence-electron chi connectivity index (χ3n) is 2.95. The Morgan fingerprint density at radius 2 is 2.05 bits per heavy atom. The fourth-order valence-corrected chi connectivity index (χ4v) is 3.34. The van der Waals surface area contributed by atoms with Crippen LogP contribution in [0.2, 0.25) is 5.02 Å². The quantitative estimate of drug-likeness (QED) is 0.867. The standard InChI is InChI=1S/C15H14ClFN2O2S/c1-2-3-9-7-11(13(18)20)15(22-9)19-14(21)10-5-4-8(17)6-12(10)16/h4-7H,2-3H2,1H3,(H2,18,20)(H,19,21). The SMILES string of the molecule is CCCc1cc(C(N)=O)c(NC(=O)c2ccc(F)cc2Cl)s1. The lowest BCUT2D eigenvalue weighted by atomic mass is 10.2. The molecule has 7 heteroatoms. The van der Waals surface area contributed by atoms with E-state index in [4.69, 9.17) is 17.3 Å². The van der Waals surface area contributed by atoms with Crippen molar-refractivity contribution in [3.8, 4) is 0 Å². The van der Waals surface area contributed by atoms with Crippen molar-refractivity contribution in [1.82, 2.24) is 0 Å². The summed E-state index contributed by atoms with van der Waals surface area (Å²) in [5.74, 6) is -1.66. The molecule has 4 nitrogen and oxygen atoms in total. The lowest BCUT2D eigenvalue weighted by molar-refractivity contribution is 0.100. The molecule has 0 aliphatic heterocycles. The molecular weight excluding hydrogens is 327 g/mol. The summed E-state index contributed by atoms with van der Waals surface area (Å²) in [5.41, 5.74) is 5.72. The lowest BCUT2D eigenvalue weighted by Crippen LogP contribution is -2.16. The first-order valence-corrected chi connectivity index (χ1v) is 7.80. The summed E-state index contributed by atoms with van der Waals surface area (Å²) in [5, 5.41) is 3.00. The van der Waals surface area contributed by atoms with Gasteiger partial charge in [0.15, 0.2) is 0 Å². The smallest absolute Gasteiger partial charge is 0.257 e. The molecule has 0 saturated heterocycles. The summed E-state index contributed by atoms with van der Waals surface area (Å²) in [6.45, 7) is 2.01. The number of benzene rings is 1. The van der Waals surface area contributed by atoms with E-state index >= 15 is 0 Å². The predicted molar refractivity (Wildman–Crippen MR) is 86.2 cm³/mol. The molecule has 0 aliphatic carbocycles. The zero-order chi connectivity index (χ0) is 16.3. The van der Waals surface area contributed by atoms with E-state index < -0.39 is 17.6 Å². The van der Waals surface area contributed by atoms with Crippen molar-refractivity contribution in [2.45, 2.75) is 19.8 Å². The van der Waals surface area contributed by atoms with Crippen molar-refractivity contribution in [2.75, 3.05) is 5.32 Å². The summed E-state index contributed by atoms with van der Waals surface area (Å²) < 4.78 is 13.0. The Bertz CT molecular complexity index is 730. The van der Waals surface area contributed by atoms with E-state index in [1.807, 2.05) is 6.92 Å². The van der Waals surface area contributed by atoms with E-state index in [0.29, 0.717) is 5.00 Å². The van der Waals surface area contributed by atoms with Crippen molar-refractivity contribution in [2.24, 2.45) is 5.73 Å². The molecule has 2 aromatic rings. The van der Waals surface area contributed by atoms with Gasteiger partial charge in [0.2, 0.25) is 0 Å². The van der Waals surface area contributed by atoms with Gasteiger partial charge in [-0.3, -0.25) is 9.59 Å². The van der Waals surface area contributed by atoms with Crippen LogP contribution in [0.3, 0.4) is 0 Å². The minimum Gasteiger partial charge on any atom is -0.366 e. The zero-order valence-corrected chi connectivity index (χ0v) is 13.4. The first-order valence-electron chi connectivity index (χ1n) is 6.61. The maximum absolute atomic E-state index is 13.0. The van der Waals surface area contributed by atoms with Gasteiger partial charge in [-0.2, -0.15) is 0 Å². The molecule has 0 fully saturated rings. The Morgan fingerprint density at radius 3 is 2.64 bits per heavy atom. The molecule has 0 bridgehead atoms. The number of nitrogens with one attached hydrogen (secondary N) is 1. The molecule has 1 aromatic heterocycles. The number of carbonyl (C=O) groups excluding carboxylic acids is 2. The van der Waals surface area contributed by atoms with Crippen molar-refractivity contribution < 1.29 is 14.0 Å². The summed E-state index contributed by atoms with van der Waals surface area (Å²) in [4.78, 5) is 24.7. The Balaban J connectivity index is 2.29. The summed E-state index contributed by atoms with van der Waals surface area (Å²) in [7, 11) is 0. The van der Waals surface area contributed by atoms with Crippen LogP contribution in [0, 0.1) is 5.82 Å². The third-order valence-corrected chi connectivity index (χ3v) is 4.37. The number of aryl methyl sites for hydroxylation is 1. The van der Waals surface area contributed by atoms with Crippen molar-refractivity contribution in [3.05, 3.63) is 51.1 Å². The third kappa shape index (κ3) is 3.64. The Hall–Kier alpha value is -1.92. The fraction of sp³-hybridized carbons (Fsp3) is 0.200. The van der Waals surface area contributed by atoms with Gasteiger partial charge in [-0.05, 0) is 30.7 Å². The second-order valence-corrected chi connectivity index (χ2v) is 6.19. The number of hydrogen-bond acceptors (Lipinski definition) is 3. The maximum Gasteiger partial charge on any atom is 0.257 e. The van der Waals surface area contributed by atoms with Crippen LogP contribution in [0.5, 0.6) is 0 Å². The van der Waals surface area contributed by atoms with Crippen LogP contribution in [0.15, 0.2) is 24.3 Å². The minimum atomic E-state index is -0.612. The highest BCUT2D eigenvalue weighted by molar-refractivity contribution is 7.16. The van der Waals surface area contributed by atoms with Crippen molar-refractivity contribution in [1.29, 1.82) is 0 Å². The van der Waals surface area contributed by atoms with Gasteiger partial charge >= 0.3 is 0 Å². The molecule has 1 heterocycles. The van der Waals surface area contributed by atoms with Crippen LogP contribution in [-0.4, -0.2) is 11.8 Å². The number of amides is 2. The first-order chi connectivity index (χ1) is 10.4. The lowest BCUT2D eigenvalue weighted by Gasteiger charge is -2.06. The van der Waals surface area contributed by atoms with Gasteiger partial charge < -0.3 is 11.1 Å². The van der Waals surface area contributed by atoms with E-state index in [-0.39, 0.29) is 16.1 Å². The molecule has 2 amide bonds. The number of thiophene rings is 1. The summed E-state index contributed by atoms with van der Waals surface area (Å²) in [6, 6.07) is 5.17. The summed E-state index contributed by atoms with van der Waals surface area (Å²) in [6.07, 6.45) is 1.70. The highest BCUT2D eigenvalue weighted by Crippen LogP contribution is 2.30. The van der Waals surface area contributed by atoms with Gasteiger partial charge in [0, 0.05) is 4.88 Å². The Labute approximate surface area is 136 Å². The molecule has 0 spiro atoms. The van der Waals surface area contributed by atoms with Crippen LogP contribution >= 0.6 is 22.9 Å². The molecule has 22 heavy (non-hydrogen) atoms. The summed E-state index contributed by atoms with van der Waals surface area (Å²) >= 11 is 7.15. The van der Waals surface area contributed by atoms with Gasteiger partial charge in [0.1, 0.15) is 10.8 Å². The molecule has 2 rings (SSSR count).